The van der Waals surface area contributed by atoms with Crippen molar-refractivity contribution >= 4 is 9.84 Å². The van der Waals surface area contributed by atoms with Crippen LogP contribution < -0.4 is 4.74 Å². The largest absolute Gasteiger partial charge is 0.497 e. The molecular formula is C19H23NO3S. The standard InChI is InChI=1S/C19H23NO3S/c1-23-18-9-8-16-13-19(15-6-4-3-5-7-15)20(14-17(16)12-18)10-11-24(2,21)22/h3-9,12,19H,10-11,13-14H2,1-2H3. The van der Waals surface area contributed by atoms with E-state index < -0.39 is 9.84 Å². The van der Waals surface area contributed by atoms with Crippen molar-refractivity contribution in [3.8, 4) is 5.75 Å². The van der Waals surface area contributed by atoms with E-state index in [9.17, 15) is 8.42 Å². The summed E-state index contributed by atoms with van der Waals surface area (Å²) in [5.74, 6) is 1.02. The van der Waals surface area contributed by atoms with Crippen molar-refractivity contribution in [1.29, 1.82) is 0 Å². The maximum absolute atomic E-state index is 11.6. The van der Waals surface area contributed by atoms with Crippen LogP contribution in [0.3, 0.4) is 0 Å². The minimum atomic E-state index is -2.99. The Kier molecular flexibility index (Phi) is 4.92. The zero-order valence-electron chi connectivity index (χ0n) is 14.1. The van der Waals surface area contributed by atoms with Crippen LogP contribution in [0.25, 0.3) is 0 Å². The van der Waals surface area contributed by atoms with Crippen molar-refractivity contribution in [2.45, 2.75) is 19.0 Å². The highest BCUT2D eigenvalue weighted by molar-refractivity contribution is 7.90. The van der Waals surface area contributed by atoms with Gasteiger partial charge in [-0.15, -0.1) is 0 Å². The van der Waals surface area contributed by atoms with E-state index in [4.69, 9.17) is 4.74 Å². The molecule has 0 spiro atoms. The number of sulfone groups is 1. The SMILES string of the molecule is COc1ccc2c(c1)CN(CCS(C)(=O)=O)C(c1ccccc1)C2. The number of nitrogens with zero attached hydrogens (tertiary/aromatic N) is 1. The van der Waals surface area contributed by atoms with E-state index in [-0.39, 0.29) is 11.8 Å². The minimum absolute atomic E-state index is 0.176. The van der Waals surface area contributed by atoms with E-state index in [1.807, 2.05) is 24.3 Å². The highest BCUT2D eigenvalue weighted by atomic mass is 32.2. The smallest absolute Gasteiger partial charge is 0.148 e. The Morgan fingerprint density at radius 1 is 1.12 bits per heavy atom. The summed E-state index contributed by atoms with van der Waals surface area (Å²) in [6.07, 6.45) is 2.18. The lowest BCUT2D eigenvalue weighted by molar-refractivity contribution is 0.183. The topological polar surface area (TPSA) is 46.6 Å². The summed E-state index contributed by atoms with van der Waals surface area (Å²) in [5.41, 5.74) is 3.75. The Labute approximate surface area is 144 Å². The van der Waals surface area contributed by atoms with Crippen molar-refractivity contribution in [3.63, 3.8) is 0 Å². The van der Waals surface area contributed by atoms with E-state index in [1.54, 1.807) is 7.11 Å². The summed E-state index contributed by atoms with van der Waals surface area (Å²) < 4.78 is 28.6. The lowest BCUT2D eigenvalue weighted by Gasteiger charge is -2.37. The molecule has 1 atom stereocenters. The molecule has 3 rings (SSSR count). The molecule has 0 bridgehead atoms. The first-order chi connectivity index (χ1) is 11.5. The van der Waals surface area contributed by atoms with Crippen LogP contribution in [0.4, 0.5) is 0 Å². The van der Waals surface area contributed by atoms with Crippen LogP contribution in [0, 0.1) is 0 Å². The minimum Gasteiger partial charge on any atom is -0.497 e. The van der Waals surface area contributed by atoms with Crippen LogP contribution in [-0.4, -0.2) is 39.0 Å². The zero-order chi connectivity index (χ0) is 17.2. The van der Waals surface area contributed by atoms with Crippen molar-refractivity contribution in [2.24, 2.45) is 0 Å². The van der Waals surface area contributed by atoms with Gasteiger partial charge >= 0.3 is 0 Å². The van der Waals surface area contributed by atoms with Gasteiger partial charge in [-0.1, -0.05) is 36.4 Å². The van der Waals surface area contributed by atoms with Crippen LogP contribution in [-0.2, 0) is 22.8 Å². The van der Waals surface area contributed by atoms with Crippen LogP contribution in [0.2, 0.25) is 0 Å². The predicted octanol–water partition coefficient (Wildman–Crippen LogP) is 2.84. The summed E-state index contributed by atoms with van der Waals surface area (Å²) in [6, 6.07) is 16.7. The molecule has 24 heavy (non-hydrogen) atoms. The van der Waals surface area contributed by atoms with Crippen molar-refractivity contribution in [1.82, 2.24) is 4.90 Å². The monoisotopic (exact) mass is 345 g/mol. The molecule has 1 unspecified atom stereocenters. The fourth-order valence-electron chi connectivity index (χ4n) is 3.26. The van der Waals surface area contributed by atoms with Gasteiger partial charge in [0.2, 0.25) is 0 Å². The third-order valence-corrected chi connectivity index (χ3v) is 5.50. The second kappa shape index (κ2) is 6.95. The third-order valence-electron chi connectivity index (χ3n) is 4.57. The molecule has 0 N–H and O–H groups in total. The predicted molar refractivity (Wildman–Crippen MR) is 96.0 cm³/mol. The van der Waals surface area contributed by atoms with Gasteiger partial charge in [0, 0.05) is 25.4 Å². The Hall–Kier alpha value is -1.85. The molecule has 2 aromatic carbocycles. The molecule has 5 heteroatoms. The highest BCUT2D eigenvalue weighted by Crippen LogP contribution is 2.34. The van der Waals surface area contributed by atoms with E-state index in [0.717, 1.165) is 18.7 Å². The number of methoxy groups -OCH3 is 1. The summed E-state index contributed by atoms with van der Waals surface area (Å²) in [7, 11) is -1.32. The molecule has 2 aromatic rings. The van der Waals surface area contributed by atoms with Gasteiger partial charge in [0.15, 0.2) is 0 Å². The number of fused-ring (bicyclic) bond motifs is 1. The van der Waals surface area contributed by atoms with Crippen molar-refractivity contribution in [3.05, 3.63) is 65.2 Å². The second-order valence-corrected chi connectivity index (χ2v) is 8.63. The molecule has 0 fully saturated rings. The number of ether oxygens (including phenoxy) is 1. The molecule has 128 valence electrons. The van der Waals surface area contributed by atoms with Gasteiger partial charge in [-0.2, -0.15) is 0 Å². The van der Waals surface area contributed by atoms with Crippen LogP contribution in [0.15, 0.2) is 48.5 Å². The second-order valence-electron chi connectivity index (χ2n) is 6.37. The molecule has 1 aliphatic rings. The Morgan fingerprint density at radius 3 is 2.54 bits per heavy atom. The van der Waals surface area contributed by atoms with Crippen LogP contribution >= 0.6 is 0 Å². The summed E-state index contributed by atoms with van der Waals surface area (Å²) in [4.78, 5) is 2.26. The third kappa shape index (κ3) is 3.97. The number of hydrogen-bond donors (Lipinski definition) is 0. The number of benzene rings is 2. The van der Waals surface area contributed by atoms with E-state index in [0.29, 0.717) is 6.54 Å². The fraction of sp³-hybridized carbons (Fsp3) is 0.368. The van der Waals surface area contributed by atoms with Gasteiger partial charge in [0.1, 0.15) is 15.6 Å². The molecule has 1 heterocycles. The molecular weight excluding hydrogens is 322 g/mol. The van der Waals surface area contributed by atoms with E-state index in [2.05, 4.69) is 29.2 Å². The molecule has 0 saturated carbocycles. The summed E-state index contributed by atoms with van der Waals surface area (Å²) >= 11 is 0. The molecule has 1 aliphatic heterocycles. The average Bonchev–Trinajstić information content (AvgIpc) is 2.58. The summed E-state index contributed by atoms with van der Waals surface area (Å²) in [5, 5.41) is 0. The first-order valence-electron chi connectivity index (χ1n) is 8.09. The first kappa shape index (κ1) is 17.0. The van der Waals surface area contributed by atoms with Gasteiger partial charge in [-0.3, -0.25) is 4.90 Å². The van der Waals surface area contributed by atoms with Gasteiger partial charge < -0.3 is 4.74 Å². The number of rotatable bonds is 5. The molecule has 4 nitrogen and oxygen atoms in total. The van der Waals surface area contributed by atoms with Gasteiger partial charge in [-0.25, -0.2) is 8.42 Å². The lowest BCUT2D eigenvalue weighted by atomic mass is 9.90. The zero-order valence-corrected chi connectivity index (χ0v) is 14.9. The number of hydrogen-bond acceptors (Lipinski definition) is 4. The average molecular weight is 345 g/mol. The fourth-order valence-corrected chi connectivity index (χ4v) is 3.83. The van der Waals surface area contributed by atoms with E-state index in [1.165, 1.54) is 22.9 Å². The quantitative estimate of drug-likeness (QED) is 0.836. The molecule has 0 saturated heterocycles. The Morgan fingerprint density at radius 2 is 1.88 bits per heavy atom. The van der Waals surface area contributed by atoms with Crippen molar-refractivity contribution < 1.29 is 13.2 Å². The van der Waals surface area contributed by atoms with Crippen molar-refractivity contribution in [2.75, 3.05) is 25.7 Å². The van der Waals surface area contributed by atoms with Crippen LogP contribution in [0.1, 0.15) is 22.7 Å². The molecule has 0 radical (unpaired) electrons. The highest BCUT2D eigenvalue weighted by Gasteiger charge is 2.28. The van der Waals surface area contributed by atoms with Gasteiger partial charge in [0.05, 0.1) is 12.9 Å². The normalized spacial score (nSPS) is 18.2. The first-order valence-corrected chi connectivity index (χ1v) is 10.1. The van der Waals surface area contributed by atoms with Gasteiger partial charge in [0.25, 0.3) is 0 Å². The molecule has 0 aliphatic carbocycles. The molecule has 0 aromatic heterocycles. The Balaban J connectivity index is 1.92. The molecule has 0 amide bonds. The van der Waals surface area contributed by atoms with E-state index >= 15 is 0 Å². The lowest BCUT2D eigenvalue weighted by Crippen LogP contribution is -2.37. The maximum Gasteiger partial charge on any atom is 0.148 e. The van der Waals surface area contributed by atoms with Crippen LogP contribution in [0.5, 0.6) is 5.75 Å². The van der Waals surface area contributed by atoms with Gasteiger partial charge in [-0.05, 0) is 35.2 Å². The maximum atomic E-state index is 11.6. The Bertz CT molecular complexity index is 803. The summed E-state index contributed by atoms with van der Waals surface area (Å²) in [6.45, 7) is 1.27.